The largest absolute Gasteiger partial charge is 0.444 e. The predicted octanol–water partition coefficient (Wildman–Crippen LogP) is 6.07. The highest BCUT2D eigenvalue weighted by Gasteiger charge is 2.36. The number of carbonyl (C=O) groups is 3. The number of ether oxygens (including phenoxy) is 1. The Labute approximate surface area is 234 Å². The summed E-state index contributed by atoms with van der Waals surface area (Å²) >= 11 is 1.61. The van der Waals surface area contributed by atoms with Gasteiger partial charge in [-0.2, -0.15) is 11.8 Å². The Hall–Kier alpha value is -2.22. The van der Waals surface area contributed by atoms with Crippen LogP contribution in [0.2, 0.25) is 0 Å². The zero-order valence-electron chi connectivity index (χ0n) is 24.5. The summed E-state index contributed by atoms with van der Waals surface area (Å²) in [6.45, 7) is 12.0. The highest BCUT2D eigenvalue weighted by molar-refractivity contribution is 7.98. The molecule has 0 aliphatic heterocycles. The van der Waals surface area contributed by atoms with Crippen LogP contribution in [0.25, 0.3) is 0 Å². The van der Waals surface area contributed by atoms with Crippen molar-refractivity contribution in [3.63, 3.8) is 0 Å². The van der Waals surface area contributed by atoms with Gasteiger partial charge in [0.15, 0.2) is 0 Å². The lowest BCUT2D eigenvalue weighted by atomic mass is 9.94. The van der Waals surface area contributed by atoms with Gasteiger partial charge < -0.3 is 20.3 Å². The third-order valence-electron chi connectivity index (χ3n) is 6.99. The van der Waals surface area contributed by atoms with E-state index < -0.39 is 23.8 Å². The molecular formula is C30H49N3O4S. The van der Waals surface area contributed by atoms with E-state index in [0.717, 1.165) is 55.2 Å². The quantitative estimate of drug-likeness (QED) is 0.332. The van der Waals surface area contributed by atoms with Gasteiger partial charge in [-0.05, 0) is 89.0 Å². The first-order valence-electron chi connectivity index (χ1n) is 14.1. The van der Waals surface area contributed by atoms with Gasteiger partial charge >= 0.3 is 6.09 Å². The topological polar surface area (TPSA) is 87.7 Å². The van der Waals surface area contributed by atoms with Gasteiger partial charge in [0, 0.05) is 12.6 Å². The Morgan fingerprint density at radius 1 is 1.11 bits per heavy atom. The minimum absolute atomic E-state index is 0.126. The van der Waals surface area contributed by atoms with Crippen LogP contribution in [0.15, 0.2) is 18.2 Å². The number of nitrogens with zero attached hydrogens (tertiary/aromatic N) is 1. The van der Waals surface area contributed by atoms with E-state index in [1.165, 1.54) is 6.42 Å². The van der Waals surface area contributed by atoms with Gasteiger partial charge in [0.2, 0.25) is 11.8 Å². The number of alkyl carbamates (subject to hydrolysis) is 1. The molecular weight excluding hydrogens is 498 g/mol. The molecule has 0 saturated heterocycles. The number of hydrogen-bond donors (Lipinski definition) is 2. The Kier molecular flexibility index (Phi) is 13.0. The number of nitrogens with one attached hydrogen (secondary N) is 2. The summed E-state index contributed by atoms with van der Waals surface area (Å²) in [5, 5.41) is 6.08. The summed E-state index contributed by atoms with van der Waals surface area (Å²) in [5.74, 6) is 0.294. The highest BCUT2D eigenvalue weighted by atomic mass is 32.2. The molecule has 1 aromatic rings. The van der Waals surface area contributed by atoms with Crippen molar-refractivity contribution in [2.24, 2.45) is 0 Å². The zero-order valence-corrected chi connectivity index (χ0v) is 25.3. The maximum absolute atomic E-state index is 14.2. The second-order valence-electron chi connectivity index (χ2n) is 11.5. The lowest BCUT2D eigenvalue weighted by molar-refractivity contribution is -0.143. The lowest BCUT2D eigenvalue weighted by Gasteiger charge is -2.36. The number of carbonyl (C=O) groups excluding carboxylic acids is 3. The number of unbranched alkanes of at least 4 members (excludes halogenated alkanes) is 1. The van der Waals surface area contributed by atoms with Crippen LogP contribution in [0, 0.1) is 13.8 Å². The molecule has 3 amide bonds. The fourth-order valence-corrected chi connectivity index (χ4v) is 5.24. The molecule has 0 heterocycles. The van der Waals surface area contributed by atoms with Gasteiger partial charge in [-0.15, -0.1) is 0 Å². The molecule has 2 rings (SSSR count). The van der Waals surface area contributed by atoms with Gasteiger partial charge in [-0.1, -0.05) is 50.8 Å². The van der Waals surface area contributed by atoms with Gasteiger partial charge in [-0.25, -0.2) is 4.79 Å². The van der Waals surface area contributed by atoms with Crippen molar-refractivity contribution in [1.29, 1.82) is 0 Å². The van der Waals surface area contributed by atoms with Crippen LogP contribution in [0.4, 0.5) is 4.79 Å². The number of rotatable bonds is 12. The third kappa shape index (κ3) is 10.2. The second kappa shape index (κ2) is 15.4. The molecule has 1 saturated carbocycles. The monoisotopic (exact) mass is 547 g/mol. The third-order valence-corrected chi connectivity index (χ3v) is 7.64. The summed E-state index contributed by atoms with van der Waals surface area (Å²) in [5.41, 5.74) is 2.33. The van der Waals surface area contributed by atoms with Crippen molar-refractivity contribution in [3.05, 3.63) is 34.9 Å². The standard InChI is InChI=1S/C30H49N3O4S/c1-8-9-18-33(28(35)25(17-19-38-7)32-29(36)37-30(4,5)6)26(23-16-15-21(2)22(3)20-23)27(34)31-24-13-11-10-12-14-24/h15-16,20,24-26H,8-14,17-19H2,1-7H3,(H,31,34)(H,32,36). The molecule has 0 bridgehead atoms. The summed E-state index contributed by atoms with van der Waals surface area (Å²) in [6, 6.07) is 4.56. The molecule has 1 aliphatic carbocycles. The van der Waals surface area contributed by atoms with Crippen molar-refractivity contribution in [3.8, 4) is 0 Å². The molecule has 2 N–H and O–H groups in total. The minimum Gasteiger partial charge on any atom is -0.444 e. The molecule has 8 heteroatoms. The SMILES string of the molecule is CCCCN(C(=O)C(CCSC)NC(=O)OC(C)(C)C)C(C(=O)NC1CCCCC1)c1ccc(C)c(C)c1. The van der Waals surface area contributed by atoms with E-state index in [9.17, 15) is 14.4 Å². The first kappa shape index (κ1) is 32.0. The fraction of sp³-hybridized carbons (Fsp3) is 0.700. The Morgan fingerprint density at radius 2 is 1.79 bits per heavy atom. The molecule has 0 spiro atoms. The van der Waals surface area contributed by atoms with Crippen molar-refractivity contribution < 1.29 is 19.1 Å². The molecule has 1 aromatic carbocycles. The molecule has 2 atom stereocenters. The Bertz CT molecular complexity index is 925. The smallest absolute Gasteiger partial charge is 0.408 e. The van der Waals surface area contributed by atoms with E-state index in [2.05, 4.69) is 17.6 Å². The number of thioether (sulfide) groups is 1. The summed E-state index contributed by atoms with van der Waals surface area (Å²) in [4.78, 5) is 42.5. The van der Waals surface area contributed by atoms with Gasteiger partial charge in [0.25, 0.3) is 0 Å². The van der Waals surface area contributed by atoms with E-state index >= 15 is 0 Å². The normalized spacial score (nSPS) is 15.9. The summed E-state index contributed by atoms with van der Waals surface area (Å²) in [6.07, 6.45) is 8.76. The van der Waals surface area contributed by atoms with Crippen molar-refractivity contribution in [1.82, 2.24) is 15.5 Å². The van der Waals surface area contributed by atoms with E-state index in [0.29, 0.717) is 18.7 Å². The van der Waals surface area contributed by atoms with Gasteiger partial charge in [0.1, 0.15) is 17.7 Å². The van der Waals surface area contributed by atoms with Crippen LogP contribution in [-0.4, -0.2) is 59.0 Å². The first-order chi connectivity index (χ1) is 18.0. The second-order valence-corrected chi connectivity index (χ2v) is 12.4. The average Bonchev–Trinajstić information content (AvgIpc) is 2.85. The van der Waals surface area contributed by atoms with Crippen LogP contribution in [0.3, 0.4) is 0 Å². The first-order valence-corrected chi connectivity index (χ1v) is 15.5. The Balaban J connectivity index is 2.46. The van der Waals surface area contributed by atoms with E-state index in [1.54, 1.807) is 37.4 Å². The van der Waals surface area contributed by atoms with Crippen molar-refractivity contribution >= 4 is 29.7 Å². The number of hydrogen-bond acceptors (Lipinski definition) is 5. The number of aryl methyl sites for hydroxylation is 2. The molecule has 1 fully saturated rings. The summed E-state index contributed by atoms with van der Waals surface area (Å²) in [7, 11) is 0. The van der Waals surface area contributed by atoms with E-state index in [4.69, 9.17) is 4.74 Å². The van der Waals surface area contributed by atoms with E-state index in [-0.39, 0.29) is 17.9 Å². The molecule has 0 radical (unpaired) electrons. The van der Waals surface area contributed by atoms with Crippen molar-refractivity contribution in [2.45, 2.75) is 117 Å². The van der Waals surface area contributed by atoms with Crippen molar-refractivity contribution in [2.75, 3.05) is 18.6 Å². The van der Waals surface area contributed by atoms with Crippen LogP contribution < -0.4 is 10.6 Å². The average molecular weight is 548 g/mol. The van der Waals surface area contributed by atoms with Crippen LogP contribution in [0.5, 0.6) is 0 Å². The minimum atomic E-state index is -0.786. The lowest BCUT2D eigenvalue weighted by Crippen LogP contribution is -2.54. The van der Waals surface area contributed by atoms with E-state index in [1.807, 2.05) is 38.3 Å². The molecule has 38 heavy (non-hydrogen) atoms. The molecule has 214 valence electrons. The molecule has 2 unspecified atom stereocenters. The van der Waals surface area contributed by atoms with Gasteiger partial charge in [-0.3, -0.25) is 9.59 Å². The van der Waals surface area contributed by atoms with Crippen LogP contribution >= 0.6 is 11.8 Å². The molecule has 0 aromatic heterocycles. The maximum atomic E-state index is 14.2. The molecule has 1 aliphatic rings. The highest BCUT2D eigenvalue weighted by Crippen LogP contribution is 2.27. The predicted molar refractivity (Wildman–Crippen MR) is 156 cm³/mol. The number of amides is 3. The fourth-order valence-electron chi connectivity index (χ4n) is 4.77. The van der Waals surface area contributed by atoms with Gasteiger partial charge in [0.05, 0.1) is 0 Å². The zero-order chi connectivity index (χ0) is 28.3. The summed E-state index contributed by atoms with van der Waals surface area (Å²) < 4.78 is 5.47. The van der Waals surface area contributed by atoms with Crippen LogP contribution in [0.1, 0.15) is 102 Å². The maximum Gasteiger partial charge on any atom is 0.408 e. The molecule has 7 nitrogen and oxygen atoms in total. The number of benzene rings is 1. The Morgan fingerprint density at radius 3 is 2.37 bits per heavy atom. The van der Waals surface area contributed by atoms with Crippen LogP contribution in [-0.2, 0) is 14.3 Å².